The van der Waals surface area contributed by atoms with Crippen LogP contribution in [-0.2, 0) is 0 Å². The van der Waals surface area contributed by atoms with E-state index in [-0.39, 0.29) is 6.10 Å². The summed E-state index contributed by atoms with van der Waals surface area (Å²) in [6, 6.07) is 0. The van der Waals surface area contributed by atoms with Gasteiger partial charge < -0.3 is 5.11 Å². The average molecular weight is 401 g/mol. The van der Waals surface area contributed by atoms with E-state index in [1.807, 2.05) is 0 Å². The minimum absolute atomic E-state index is 0.00715. The molecule has 1 nitrogen and oxygen atoms in total. The first-order chi connectivity index (χ1) is 13.7. The van der Waals surface area contributed by atoms with Gasteiger partial charge in [-0.25, -0.2) is 0 Å². The standard InChI is InChI=1S/C28H48O/c1-17(2)23-15-19(23)14-18(3)24-8-9-25-22-7-6-20-16-21(29)10-12-27(20,4)26(22)11-13-28(24,25)5/h17-26,29H,6-16H2,1-5H3/t18-,19+,20-,21-,22+,23-,24-,25+,26+,27+,28-/m1/s1. The summed E-state index contributed by atoms with van der Waals surface area (Å²) in [5.74, 6) is 8.66. The van der Waals surface area contributed by atoms with Gasteiger partial charge in [-0.05, 0) is 135 Å². The lowest BCUT2D eigenvalue weighted by Gasteiger charge is -2.61. The summed E-state index contributed by atoms with van der Waals surface area (Å²) in [6.45, 7) is 12.9. The summed E-state index contributed by atoms with van der Waals surface area (Å²) >= 11 is 0. The number of hydrogen-bond donors (Lipinski definition) is 1. The Morgan fingerprint density at radius 2 is 1.55 bits per heavy atom. The molecule has 5 rings (SSSR count). The van der Waals surface area contributed by atoms with E-state index in [0.29, 0.717) is 10.8 Å². The Kier molecular flexibility index (Phi) is 5.21. The molecule has 1 heteroatoms. The van der Waals surface area contributed by atoms with E-state index < -0.39 is 0 Å². The van der Waals surface area contributed by atoms with Gasteiger partial charge in [-0.15, -0.1) is 0 Å². The van der Waals surface area contributed by atoms with Gasteiger partial charge in [0.15, 0.2) is 0 Å². The zero-order valence-electron chi connectivity index (χ0n) is 20.0. The third kappa shape index (κ3) is 3.27. The second kappa shape index (κ2) is 7.25. The maximum absolute atomic E-state index is 10.3. The molecular weight excluding hydrogens is 352 g/mol. The minimum Gasteiger partial charge on any atom is -0.393 e. The first-order valence-corrected chi connectivity index (χ1v) is 13.4. The predicted molar refractivity (Wildman–Crippen MR) is 121 cm³/mol. The van der Waals surface area contributed by atoms with Gasteiger partial charge in [-0.3, -0.25) is 0 Å². The van der Waals surface area contributed by atoms with Crippen molar-refractivity contribution in [1.82, 2.24) is 0 Å². The maximum atomic E-state index is 10.3. The molecule has 1 N–H and O–H groups in total. The quantitative estimate of drug-likeness (QED) is 0.524. The van der Waals surface area contributed by atoms with Crippen LogP contribution in [0.25, 0.3) is 0 Å². The van der Waals surface area contributed by atoms with Gasteiger partial charge in [0.2, 0.25) is 0 Å². The number of fused-ring (bicyclic) bond motifs is 5. The van der Waals surface area contributed by atoms with E-state index in [1.165, 1.54) is 57.8 Å². The van der Waals surface area contributed by atoms with Gasteiger partial charge in [-0.1, -0.05) is 34.6 Å². The lowest BCUT2D eigenvalue weighted by atomic mass is 9.44. The van der Waals surface area contributed by atoms with E-state index in [1.54, 1.807) is 0 Å². The fraction of sp³-hybridized carbons (Fsp3) is 1.00. The Hall–Kier alpha value is -0.0400. The molecule has 0 spiro atoms. The fourth-order valence-electron chi connectivity index (χ4n) is 10.2. The number of hydrogen-bond acceptors (Lipinski definition) is 1. The molecule has 5 fully saturated rings. The molecule has 0 heterocycles. The topological polar surface area (TPSA) is 20.2 Å². The van der Waals surface area contributed by atoms with Crippen molar-refractivity contribution in [3.63, 3.8) is 0 Å². The van der Waals surface area contributed by atoms with Gasteiger partial charge in [-0.2, -0.15) is 0 Å². The van der Waals surface area contributed by atoms with Crippen LogP contribution in [0.1, 0.15) is 105 Å². The summed E-state index contributed by atoms with van der Waals surface area (Å²) in [6.07, 6.45) is 15.4. The fourth-order valence-corrected chi connectivity index (χ4v) is 10.2. The lowest BCUT2D eigenvalue weighted by molar-refractivity contribution is -0.129. The van der Waals surface area contributed by atoms with E-state index in [4.69, 9.17) is 0 Å². The Morgan fingerprint density at radius 3 is 2.28 bits per heavy atom. The molecule has 0 aromatic rings. The molecule has 0 radical (unpaired) electrons. The van der Waals surface area contributed by atoms with E-state index in [2.05, 4.69) is 34.6 Å². The first-order valence-electron chi connectivity index (χ1n) is 13.4. The Balaban J connectivity index is 1.30. The third-order valence-corrected chi connectivity index (χ3v) is 11.9. The summed E-state index contributed by atoms with van der Waals surface area (Å²) < 4.78 is 0. The number of rotatable bonds is 4. The summed E-state index contributed by atoms with van der Waals surface area (Å²) in [5, 5.41) is 10.3. The molecule has 0 saturated heterocycles. The summed E-state index contributed by atoms with van der Waals surface area (Å²) in [7, 11) is 0. The summed E-state index contributed by atoms with van der Waals surface area (Å²) in [4.78, 5) is 0. The number of aliphatic hydroxyl groups is 1. The Morgan fingerprint density at radius 1 is 0.828 bits per heavy atom. The molecule has 11 atom stereocenters. The predicted octanol–water partition coefficient (Wildman–Crippen LogP) is 7.32. The van der Waals surface area contributed by atoms with Crippen LogP contribution in [0.4, 0.5) is 0 Å². The van der Waals surface area contributed by atoms with Crippen molar-refractivity contribution in [3.05, 3.63) is 0 Å². The highest BCUT2D eigenvalue weighted by atomic mass is 16.3. The third-order valence-electron chi connectivity index (χ3n) is 11.9. The van der Waals surface area contributed by atoms with Gasteiger partial charge in [0.1, 0.15) is 0 Å². The Bertz CT molecular complexity index is 611. The lowest BCUT2D eigenvalue weighted by Crippen LogP contribution is -2.54. The first kappa shape index (κ1) is 20.8. The Labute approximate surface area is 180 Å². The molecule has 0 amide bonds. The molecule has 0 aromatic carbocycles. The smallest absolute Gasteiger partial charge is 0.0543 e. The molecule has 0 bridgehead atoms. The van der Waals surface area contributed by atoms with E-state index >= 15 is 0 Å². The molecule has 5 saturated carbocycles. The largest absolute Gasteiger partial charge is 0.393 e. The van der Waals surface area contributed by atoms with Crippen molar-refractivity contribution < 1.29 is 5.11 Å². The van der Waals surface area contributed by atoms with Crippen molar-refractivity contribution in [2.45, 2.75) is 111 Å². The summed E-state index contributed by atoms with van der Waals surface area (Å²) in [5.41, 5.74) is 1.16. The minimum atomic E-state index is -0.00715. The monoisotopic (exact) mass is 400 g/mol. The highest BCUT2D eigenvalue weighted by Crippen LogP contribution is 2.68. The molecule has 5 aliphatic rings. The highest BCUT2D eigenvalue weighted by molar-refractivity contribution is 5.10. The molecule has 0 aliphatic heterocycles. The zero-order valence-corrected chi connectivity index (χ0v) is 20.0. The van der Waals surface area contributed by atoms with Gasteiger partial charge in [0, 0.05) is 0 Å². The van der Waals surface area contributed by atoms with Crippen LogP contribution < -0.4 is 0 Å². The van der Waals surface area contributed by atoms with Crippen LogP contribution in [0.2, 0.25) is 0 Å². The van der Waals surface area contributed by atoms with E-state index in [0.717, 1.165) is 66.1 Å². The second-order valence-electron chi connectivity index (χ2n) is 13.4. The van der Waals surface area contributed by atoms with Crippen LogP contribution in [0, 0.1) is 64.1 Å². The van der Waals surface area contributed by atoms with Crippen molar-refractivity contribution in [1.29, 1.82) is 0 Å². The van der Waals surface area contributed by atoms with Gasteiger partial charge >= 0.3 is 0 Å². The average Bonchev–Trinajstić information content (AvgIpc) is 3.34. The molecule has 0 unspecified atom stereocenters. The van der Waals surface area contributed by atoms with Crippen molar-refractivity contribution in [3.8, 4) is 0 Å². The van der Waals surface area contributed by atoms with Crippen LogP contribution >= 0.6 is 0 Å². The van der Waals surface area contributed by atoms with Crippen molar-refractivity contribution >= 4 is 0 Å². The zero-order chi connectivity index (χ0) is 20.6. The molecule has 5 aliphatic carbocycles. The molecule has 29 heavy (non-hydrogen) atoms. The van der Waals surface area contributed by atoms with Crippen LogP contribution in [0.15, 0.2) is 0 Å². The number of aliphatic hydroxyl groups excluding tert-OH is 1. The van der Waals surface area contributed by atoms with Crippen LogP contribution in [0.3, 0.4) is 0 Å². The van der Waals surface area contributed by atoms with Crippen LogP contribution in [-0.4, -0.2) is 11.2 Å². The van der Waals surface area contributed by atoms with Gasteiger partial charge in [0.25, 0.3) is 0 Å². The second-order valence-corrected chi connectivity index (χ2v) is 13.4. The molecule has 166 valence electrons. The molecular formula is C28H48O. The maximum Gasteiger partial charge on any atom is 0.0543 e. The normalized spacial score (nSPS) is 55.1. The van der Waals surface area contributed by atoms with Crippen LogP contribution in [0.5, 0.6) is 0 Å². The van der Waals surface area contributed by atoms with Gasteiger partial charge in [0.05, 0.1) is 6.10 Å². The van der Waals surface area contributed by atoms with E-state index in [9.17, 15) is 5.11 Å². The van der Waals surface area contributed by atoms with Crippen molar-refractivity contribution in [2.75, 3.05) is 0 Å². The SMILES string of the molecule is CC(C)[C@H]1C[C@@H]1C[C@@H](C)[C@H]1CC[C@H]2[C@@H]3CC[C@@H]4C[C@H](O)CC[C@]4(C)[C@H]3CC[C@]12C. The molecule has 0 aromatic heterocycles. The van der Waals surface area contributed by atoms with Crippen molar-refractivity contribution in [2.24, 2.45) is 64.1 Å². The highest BCUT2D eigenvalue weighted by Gasteiger charge is 2.60.